The maximum Gasteiger partial charge on any atom is 0.275 e. The van der Waals surface area contributed by atoms with Crippen molar-refractivity contribution in [2.75, 3.05) is 7.11 Å². The van der Waals surface area contributed by atoms with E-state index < -0.39 is 0 Å². The summed E-state index contributed by atoms with van der Waals surface area (Å²) in [6.45, 7) is 4.07. The normalized spacial score (nSPS) is 15.2. The van der Waals surface area contributed by atoms with Gasteiger partial charge in [0.05, 0.1) is 7.11 Å². The minimum Gasteiger partial charge on any atom is -0.497 e. The molecule has 0 saturated carbocycles. The zero-order valence-electron chi connectivity index (χ0n) is 14.8. The van der Waals surface area contributed by atoms with Crippen LogP contribution in [0, 0.1) is 13.8 Å². The van der Waals surface area contributed by atoms with Crippen LogP contribution in [0.25, 0.3) is 6.08 Å². The highest BCUT2D eigenvalue weighted by molar-refractivity contribution is 6.14. The van der Waals surface area contributed by atoms with Crippen molar-refractivity contribution in [1.82, 2.24) is 5.32 Å². The van der Waals surface area contributed by atoms with E-state index >= 15 is 0 Å². The third kappa shape index (κ3) is 4.15. The lowest BCUT2D eigenvalue weighted by molar-refractivity contribution is -0.115. The zero-order chi connectivity index (χ0) is 17.8. The Morgan fingerprint density at radius 3 is 2.76 bits per heavy atom. The van der Waals surface area contributed by atoms with Crippen LogP contribution in [0.15, 0.2) is 53.2 Å². The number of hydrogen-bond donors (Lipinski definition) is 1. The van der Waals surface area contributed by atoms with Crippen LogP contribution < -0.4 is 10.1 Å². The van der Waals surface area contributed by atoms with E-state index in [1.807, 2.05) is 44.2 Å². The van der Waals surface area contributed by atoms with Gasteiger partial charge in [0.1, 0.15) is 17.3 Å². The number of nitrogens with one attached hydrogen (secondary N) is 1. The Hall–Kier alpha value is -2.88. The van der Waals surface area contributed by atoms with Gasteiger partial charge < -0.3 is 10.1 Å². The second kappa shape index (κ2) is 7.34. The van der Waals surface area contributed by atoms with Crippen molar-refractivity contribution in [3.05, 3.63) is 70.4 Å². The Balaban J connectivity index is 1.73. The molecule has 25 heavy (non-hydrogen) atoms. The van der Waals surface area contributed by atoms with E-state index in [1.165, 1.54) is 0 Å². The SMILES string of the molecule is COc1cccc(CCC2=N/C(=C/c3cc(C)ccc3C)C(=O)N2)c1. The van der Waals surface area contributed by atoms with Gasteiger partial charge in [-0.15, -0.1) is 0 Å². The molecule has 0 fully saturated rings. The number of benzene rings is 2. The van der Waals surface area contributed by atoms with Gasteiger partial charge in [0, 0.05) is 6.42 Å². The summed E-state index contributed by atoms with van der Waals surface area (Å²) in [6.07, 6.45) is 3.34. The summed E-state index contributed by atoms with van der Waals surface area (Å²) in [7, 11) is 1.66. The third-order valence-corrected chi connectivity index (χ3v) is 4.26. The smallest absolute Gasteiger partial charge is 0.275 e. The number of carbonyl (C=O) groups is 1. The van der Waals surface area contributed by atoms with E-state index in [2.05, 4.69) is 28.5 Å². The first-order chi connectivity index (χ1) is 12.0. The van der Waals surface area contributed by atoms with Gasteiger partial charge >= 0.3 is 0 Å². The van der Waals surface area contributed by atoms with Crippen molar-refractivity contribution in [1.29, 1.82) is 0 Å². The number of rotatable bonds is 5. The van der Waals surface area contributed by atoms with Gasteiger partial charge in [0.25, 0.3) is 5.91 Å². The molecule has 1 heterocycles. The van der Waals surface area contributed by atoms with Crippen LogP contribution in [-0.4, -0.2) is 18.9 Å². The first-order valence-electron chi connectivity index (χ1n) is 8.36. The molecule has 0 aliphatic carbocycles. The van der Waals surface area contributed by atoms with Crippen LogP contribution in [0.1, 0.15) is 28.7 Å². The first kappa shape index (κ1) is 17.0. The minimum atomic E-state index is -0.137. The molecule has 2 aromatic carbocycles. The second-order valence-corrected chi connectivity index (χ2v) is 6.25. The number of aliphatic imine (C=N–C) groups is 1. The molecule has 0 radical (unpaired) electrons. The van der Waals surface area contributed by atoms with Crippen molar-refractivity contribution in [2.45, 2.75) is 26.7 Å². The van der Waals surface area contributed by atoms with Crippen LogP contribution in [-0.2, 0) is 11.2 Å². The largest absolute Gasteiger partial charge is 0.497 e. The van der Waals surface area contributed by atoms with E-state index in [4.69, 9.17) is 4.74 Å². The predicted molar refractivity (Wildman–Crippen MR) is 101 cm³/mol. The molecule has 0 aromatic heterocycles. The molecule has 4 nitrogen and oxygen atoms in total. The lowest BCUT2D eigenvalue weighted by atomic mass is 10.0. The number of nitrogens with zero attached hydrogens (tertiary/aromatic N) is 1. The zero-order valence-corrected chi connectivity index (χ0v) is 14.8. The molecule has 1 aliphatic heterocycles. The molecular weight excluding hydrogens is 312 g/mol. The van der Waals surface area contributed by atoms with E-state index in [0.29, 0.717) is 18.0 Å². The van der Waals surface area contributed by atoms with E-state index in [0.717, 1.165) is 34.4 Å². The molecule has 0 saturated heterocycles. The van der Waals surface area contributed by atoms with Gasteiger partial charge in [-0.25, -0.2) is 4.99 Å². The summed E-state index contributed by atoms with van der Waals surface area (Å²) in [5, 5.41) is 2.87. The van der Waals surface area contributed by atoms with E-state index in [9.17, 15) is 4.79 Å². The average molecular weight is 334 g/mol. The standard InChI is InChI=1S/C21H22N2O2/c1-14-7-8-15(2)17(11-14)13-19-21(24)23-20(22-19)10-9-16-5-4-6-18(12-16)25-3/h4-8,11-13H,9-10H2,1-3H3,(H,22,23,24)/b19-13+. The highest BCUT2D eigenvalue weighted by Crippen LogP contribution is 2.19. The summed E-state index contributed by atoms with van der Waals surface area (Å²) in [5.41, 5.74) is 4.95. The number of methoxy groups -OCH3 is 1. The maximum absolute atomic E-state index is 12.2. The van der Waals surface area contributed by atoms with Gasteiger partial charge in [-0.05, 0) is 55.2 Å². The molecule has 0 spiro atoms. The number of aryl methyl sites for hydroxylation is 3. The van der Waals surface area contributed by atoms with Crippen molar-refractivity contribution in [2.24, 2.45) is 4.99 Å². The molecule has 1 aliphatic rings. The molecule has 0 unspecified atom stereocenters. The maximum atomic E-state index is 12.2. The van der Waals surface area contributed by atoms with Crippen LogP contribution in [0.4, 0.5) is 0 Å². The topological polar surface area (TPSA) is 50.7 Å². The Labute approximate surface area is 148 Å². The van der Waals surface area contributed by atoms with Crippen LogP contribution in [0.2, 0.25) is 0 Å². The molecule has 1 amide bonds. The number of hydrogen-bond acceptors (Lipinski definition) is 3. The Kier molecular flexibility index (Phi) is 4.98. The number of amides is 1. The number of carbonyl (C=O) groups excluding carboxylic acids is 1. The highest BCUT2D eigenvalue weighted by atomic mass is 16.5. The average Bonchev–Trinajstić information content (AvgIpc) is 2.96. The summed E-state index contributed by atoms with van der Waals surface area (Å²) >= 11 is 0. The van der Waals surface area contributed by atoms with Crippen molar-refractivity contribution in [3.63, 3.8) is 0 Å². The van der Waals surface area contributed by atoms with Gasteiger partial charge in [-0.1, -0.05) is 35.9 Å². The monoisotopic (exact) mass is 334 g/mol. The molecule has 0 bridgehead atoms. The Morgan fingerprint density at radius 1 is 1.12 bits per heavy atom. The molecule has 1 N–H and O–H groups in total. The molecular formula is C21H22N2O2. The van der Waals surface area contributed by atoms with Crippen LogP contribution >= 0.6 is 0 Å². The van der Waals surface area contributed by atoms with Crippen LogP contribution in [0.5, 0.6) is 5.75 Å². The fraction of sp³-hybridized carbons (Fsp3) is 0.238. The van der Waals surface area contributed by atoms with Crippen molar-refractivity contribution < 1.29 is 9.53 Å². The van der Waals surface area contributed by atoms with E-state index in [-0.39, 0.29) is 5.91 Å². The highest BCUT2D eigenvalue weighted by Gasteiger charge is 2.19. The summed E-state index contributed by atoms with van der Waals surface area (Å²) < 4.78 is 5.24. The van der Waals surface area contributed by atoms with Gasteiger partial charge in [-0.3, -0.25) is 4.79 Å². The second-order valence-electron chi connectivity index (χ2n) is 6.25. The lowest BCUT2D eigenvalue weighted by Gasteiger charge is -2.04. The number of amidine groups is 1. The molecule has 128 valence electrons. The summed E-state index contributed by atoms with van der Waals surface area (Å²) in [6, 6.07) is 14.1. The van der Waals surface area contributed by atoms with Crippen molar-refractivity contribution >= 4 is 17.8 Å². The number of ether oxygens (including phenoxy) is 1. The predicted octanol–water partition coefficient (Wildman–Crippen LogP) is 3.81. The fourth-order valence-corrected chi connectivity index (χ4v) is 2.79. The summed E-state index contributed by atoms with van der Waals surface area (Å²) in [4.78, 5) is 16.7. The third-order valence-electron chi connectivity index (χ3n) is 4.26. The van der Waals surface area contributed by atoms with Crippen LogP contribution in [0.3, 0.4) is 0 Å². The molecule has 4 heteroatoms. The fourth-order valence-electron chi connectivity index (χ4n) is 2.79. The Morgan fingerprint density at radius 2 is 1.96 bits per heavy atom. The molecule has 2 aromatic rings. The minimum absolute atomic E-state index is 0.137. The van der Waals surface area contributed by atoms with E-state index in [1.54, 1.807) is 7.11 Å². The molecule has 0 atom stereocenters. The van der Waals surface area contributed by atoms with Gasteiger partial charge in [-0.2, -0.15) is 0 Å². The molecule has 3 rings (SSSR count). The lowest BCUT2D eigenvalue weighted by Crippen LogP contribution is -2.24. The van der Waals surface area contributed by atoms with Gasteiger partial charge in [0.2, 0.25) is 0 Å². The quantitative estimate of drug-likeness (QED) is 0.845. The van der Waals surface area contributed by atoms with Gasteiger partial charge in [0.15, 0.2) is 0 Å². The van der Waals surface area contributed by atoms with Crippen molar-refractivity contribution in [3.8, 4) is 5.75 Å². The Bertz CT molecular complexity index is 866. The summed E-state index contributed by atoms with van der Waals surface area (Å²) in [5.74, 6) is 1.41. The first-order valence-corrected chi connectivity index (χ1v) is 8.36.